The van der Waals surface area contributed by atoms with Gasteiger partial charge in [-0.25, -0.2) is 10.2 Å². The topological polar surface area (TPSA) is 77.5 Å². The molecule has 1 aromatic heterocycles. The van der Waals surface area contributed by atoms with E-state index in [4.69, 9.17) is 0 Å². The molecule has 3 saturated heterocycles. The summed E-state index contributed by atoms with van der Waals surface area (Å²) in [6, 6.07) is 9.61. The zero-order chi connectivity index (χ0) is 25.0. The average molecular weight is 504 g/mol. The minimum Gasteiger partial charge on any atom is -0.335 e. The number of aromatic nitrogens is 2. The van der Waals surface area contributed by atoms with Crippen LogP contribution in [-0.2, 0) is 7.05 Å². The van der Waals surface area contributed by atoms with Gasteiger partial charge in [-0.05, 0) is 30.2 Å². The fraction of sp³-hybridized carbons (Fsp3) is 0.600. The van der Waals surface area contributed by atoms with E-state index < -0.39 is 12.7 Å². The van der Waals surface area contributed by atoms with Crippen molar-refractivity contribution in [2.24, 2.45) is 18.9 Å². The maximum Gasteiger partial charge on any atom is 0.401 e. The fourth-order valence-corrected chi connectivity index (χ4v) is 6.92. The van der Waals surface area contributed by atoms with Gasteiger partial charge in [0.05, 0.1) is 24.8 Å². The first kappa shape index (κ1) is 23.7. The van der Waals surface area contributed by atoms with Crippen LogP contribution in [0, 0.1) is 11.8 Å². The molecule has 11 heteroatoms. The van der Waals surface area contributed by atoms with E-state index in [1.807, 2.05) is 54.7 Å². The quantitative estimate of drug-likeness (QED) is 0.598. The number of halogens is 3. The average Bonchev–Trinajstić information content (AvgIpc) is 3.55. The van der Waals surface area contributed by atoms with Crippen LogP contribution in [-0.4, -0.2) is 76.1 Å². The van der Waals surface area contributed by atoms with E-state index in [9.17, 15) is 18.0 Å². The number of aryl methyl sites for hydroxylation is 1. The first-order valence-corrected chi connectivity index (χ1v) is 12.7. The van der Waals surface area contributed by atoms with Crippen LogP contribution in [0.15, 0.2) is 42.7 Å². The van der Waals surface area contributed by atoms with Gasteiger partial charge in [-0.3, -0.25) is 15.0 Å². The number of alkyl halides is 3. The highest BCUT2D eigenvalue weighted by molar-refractivity contribution is 5.76. The lowest BCUT2D eigenvalue weighted by Crippen LogP contribution is -2.63. The molecule has 4 heterocycles. The van der Waals surface area contributed by atoms with Crippen molar-refractivity contribution in [3.8, 4) is 0 Å². The number of carbonyl (C=O) groups is 1. The van der Waals surface area contributed by atoms with Crippen molar-refractivity contribution in [2.75, 3.05) is 26.2 Å². The molecule has 36 heavy (non-hydrogen) atoms. The van der Waals surface area contributed by atoms with E-state index in [0.29, 0.717) is 12.5 Å². The van der Waals surface area contributed by atoms with Crippen LogP contribution in [0.1, 0.15) is 35.9 Å². The number of nitrogens with zero attached hydrogens (tertiary/aromatic N) is 4. The minimum atomic E-state index is -4.27. The van der Waals surface area contributed by atoms with Gasteiger partial charge in [-0.2, -0.15) is 18.3 Å². The highest BCUT2D eigenvalue weighted by atomic mass is 19.4. The van der Waals surface area contributed by atoms with Crippen molar-refractivity contribution in [3.63, 3.8) is 0 Å². The van der Waals surface area contributed by atoms with Crippen molar-refractivity contribution in [2.45, 2.75) is 49.1 Å². The smallest absolute Gasteiger partial charge is 0.335 e. The lowest BCUT2D eigenvalue weighted by atomic mass is 9.71. The largest absolute Gasteiger partial charge is 0.401 e. The van der Waals surface area contributed by atoms with Crippen molar-refractivity contribution in [3.05, 3.63) is 53.9 Å². The maximum absolute atomic E-state index is 13.3. The van der Waals surface area contributed by atoms with Crippen molar-refractivity contribution < 1.29 is 18.0 Å². The zero-order valence-electron chi connectivity index (χ0n) is 20.2. The standard InChI is InChI=1S/C25H32F3N7O/c1-33-10-17(9-29-33)23-18-7-16-11-35(24(36)30-20(16)8-21(18)31-32-23)22-13-34(14-25(26,27)28)12-19(22)15-5-3-2-4-6-15/h2-6,9-10,16,18-23,31-32H,7-8,11-14H2,1H3,(H,30,36)/t16?,18?,19-,20?,21?,22+,23?/m0/s1. The van der Waals surface area contributed by atoms with Crippen molar-refractivity contribution >= 4 is 6.03 Å². The summed E-state index contributed by atoms with van der Waals surface area (Å²) < 4.78 is 41.6. The molecule has 6 rings (SSSR count). The summed E-state index contributed by atoms with van der Waals surface area (Å²) in [4.78, 5) is 16.6. The van der Waals surface area contributed by atoms with Crippen LogP contribution >= 0.6 is 0 Å². The molecular weight excluding hydrogens is 471 g/mol. The number of fused-ring (bicyclic) bond motifs is 2. The third kappa shape index (κ3) is 4.48. The summed E-state index contributed by atoms with van der Waals surface area (Å²) in [5.41, 5.74) is 8.96. The predicted molar refractivity (Wildman–Crippen MR) is 127 cm³/mol. The van der Waals surface area contributed by atoms with Crippen molar-refractivity contribution in [1.29, 1.82) is 0 Å². The molecule has 8 nitrogen and oxygen atoms in total. The zero-order valence-corrected chi connectivity index (χ0v) is 20.2. The monoisotopic (exact) mass is 503 g/mol. The third-order valence-electron chi connectivity index (χ3n) is 8.50. The van der Waals surface area contributed by atoms with E-state index in [2.05, 4.69) is 21.3 Å². The second-order valence-electron chi connectivity index (χ2n) is 10.8. The lowest BCUT2D eigenvalue weighted by molar-refractivity contribution is -0.143. The molecule has 0 spiro atoms. The Hall–Kier alpha value is -2.63. The molecular formula is C25H32F3N7O. The van der Waals surface area contributed by atoms with Crippen LogP contribution < -0.4 is 16.2 Å². The summed E-state index contributed by atoms with van der Waals surface area (Å²) >= 11 is 0. The highest BCUT2D eigenvalue weighted by Crippen LogP contribution is 2.43. The predicted octanol–water partition coefficient (Wildman–Crippen LogP) is 2.39. The number of hydrazine groups is 1. The Morgan fingerprint density at radius 3 is 2.56 bits per heavy atom. The highest BCUT2D eigenvalue weighted by Gasteiger charge is 2.51. The van der Waals surface area contributed by atoms with E-state index in [1.165, 1.54) is 4.90 Å². The number of carbonyl (C=O) groups excluding carboxylic acids is 1. The van der Waals surface area contributed by atoms with Gasteiger partial charge in [0.1, 0.15) is 0 Å². The number of nitrogens with one attached hydrogen (secondary N) is 3. The molecule has 7 atom stereocenters. The van der Waals surface area contributed by atoms with Crippen LogP contribution in [0.4, 0.5) is 18.0 Å². The molecule has 1 aliphatic carbocycles. The Morgan fingerprint density at radius 2 is 1.83 bits per heavy atom. The molecule has 2 aromatic rings. The molecule has 4 fully saturated rings. The maximum atomic E-state index is 13.3. The number of rotatable bonds is 4. The molecule has 5 unspecified atom stereocenters. The number of likely N-dealkylation sites (tertiary alicyclic amines) is 1. The van der Waals surface area contributed by atoms with Gasteiger partial charge >= 0.3 is 12.2 Å². The van der Waals surface area contributed by atoms with E-state index in [0.717, 1.165) is 24.0 Å². The Kier molecular flexibility index (Phi) is 5.96. The second-order valence-corrected chi connectivity index (χ2v) is 10.8. The van der Waals surface area contributed by atoms with Crippen LogP contribution in [0.25, 0.3) is 0 Å². The lowest BCUT2D eigenvalue weighted by Gasteiger charge is -2.48. The number of hydrogen-bond acceptors (Lipinski definition) is 5. The Balaban J connectivity index is 1.22. The molecule has 0 bridgehead atoms. The molecule has 0 radical (unpaired) electrons. The molecule has 3 N–H and O–H groups in total. The van der Waals surface area contributed by atoms with Gasteiger partial charge in [-0.1, -0.05) is 30.3 Å². The molecule has 1 aromatic carbocycles. The number of hydrogen-bond donors (Lipinski definition) is 3. The normalized spacial score (nSPS) is 34.9. The summed E-state index contributed by atoms with van der Waals surface area (Å²) in [7, 11) is 1.90. The molecule has 4 aliphatic rings. The van der Waals surface area contributed by atoms with Crippen LogP contribution in [0.3, 0.4) is 0 Å². The summed E-state index contributed by atoms with van der Waals surface area (Å²) in [6.07, 6.45) is 1.39. The van der Waals surface area contributed by atoms with Crippen molar-refractivity contribution in [1.82, 2.24) is 35.7 Å². The van der Waals surface area contributed by atoms with Gasteiger partial charge in [0, 0.05) is 56.4 Å². The number of benzene rings is 1. The molecule has 194 valence electrons. The van der Waals surface area contributed by atoms with E-state index >= 15 is 0 Å². The van der Waals surface area contributed by atoms with Crippen LogP contribution in [0.5, 0.6) is 0 Å². The van der Waals surface area contributed by atoms with E-state index in [1.54, 1.807) is 4.68 Å². The first-order valence-electron chi connectivity index (χ1n) is 12.7. The Labute approximate surface area is 208 Å². The molecule has 2 amide bonds. The summed E-state index contributed by atoms with van der Waals surface area (Å²) in [5.74, 6) is 0.422. The van der Waals surface area contributed by atoms with Crippen LogP contribution in [0.2, 0.25) is 0 Å². The van der Waals surface area contributed by atoms with Gasteiger partial charge in [0.25, 0.3) is 0 Å². The second kappa shape index (κ2) is 9.04. The SMILES string of the molecule is Cn1cc(C2NNC3CC4NC(=O)N([C@@H]5CN(CC(F)(F)F)C[C@H]5c5ccccc5)CC4CC32)cn1. The Morgan fingerprint density at radius 1 is 1.03 bits per heavy atom. The van der Waals surface area contributed by atoms with E-state index in [-0.39, 0.29) is 55.1 Å². The number of amides is 2. The van der Waals surface area contributed by atoms with Gasteiger partial charge in [-0.15, -0.1) is 0 Å². The molecule has 3 aliphatic heterocycles. The van der Waals surface area contributed by atoms with Gasteiger partial charge in [0.2, 0.25) is 0 Å². The Bertz CT molecular complexity index is 1090. The number of urea groups is 1. The summed E-state index contributed by atoms with van der Waals surface area (Å²) in [6.45, 7) is 0.112. The summed E-state index contributed by atoms with van der Waals surface area (Å²) in [5, 5.41) is 7.54. The van der Waals surface area contributed by atoms with Gasteiger partial charge < -0.3 is 10.2 Å². The van der Waals surface area contributed by atoms with Gasteiger partial charge in [0.15, 0.2) is 0 Å². The minimum absolute atomic E-state index is 0.0554. The third-order valence-corrected chi connectivity index (χ3v) is 8.50. The molecule has 1 saturated carbocycles. The fourth-order valence-electron chi connectivity index (χ4n) is 6.92. The first-order chi connectivity index (χ1) is 17.2.